The fraction of sp³-hybridized carbons (Fsp3) is 0.548. The van der Waals surface area contributed by atoms with Crippen molar-refractivity contribution in [2.75, 3.05) is 0 Å². The molecular formula is C31H44O6. The third-order valence-electron chi connectivity index (χ3n) is 6.32. The zero-order valence-electron chi connectivity index (χ0n) is 24.5. The minimum Gasteiger partial charge on any atom is -0.449 e. The van der Waals surface area contributed by atoms with Crippen LogP contribution in [0.25, 0.3) is 0 Å². The molecule has 6 nitrogen and oxygen atoms in total. The molecule has 0 atom stereocenters. The van der Waals surface area contributed by atoms with E-state index < -0.39 is 12.3 Å². The zero-order chi connectivity index (χ0) is 28.7. The molecule has 0 heterocycles. The lowest BCUT2D eigenvalue weighted by atomic mass is 9.76. The highest BCUT2D eigenvalue weighted by Crippen LogP contribution is 2.43. The van der Waals surface area contributed by atoms with Crippen LogP contribution in [-0.4, -0.2) is 22.5 Å². The van der Waals surface area contributed by atoms with E-state index in [1.807, 2.05) is 107 Å². The zero-order valence-corrected chi connectivity index (χ0v) is 24.5. The summed E-state index contributed by atoms with van der Waals surface area (Å²) in [6, 6.07) is 8.12. The van der Waals surface area contributed by atoms with Gasteiger partial charge in [0.2, 0.25) is 0 Å². The Morgan fingerprint density at radius 3 is 0.919 bits per heavy atom. The molecule has 0 fully saturated rings. The largest absolute Gasteiger partial charge is 0.511 e. The van der Waals surface area contributed by atoms with Gasteiger partial charge in [0.15, 0.2) is 0 Å². The summed E-state index contributed by atoms with van der Waals surface area (Å²) in [6.07, 6.45) is -2.08. The van der Waals surface area contributed by atoms with E-state index in [9.17, 15) is 19.8 Å². The first kappa shape index (κ1) is 30.2. The van der Waals surface area contributed by atoms with Crippen LogP contribution < -0.4 is 9.47 Å². The van der Waals surface area contributed by atoms with Crippen LogP contribution >= 0.6 is 0 Å². The van der Waals surface area contributed by atoms with Crippen molar-refractivity contribution in [2.45, 2.75) is 111 Å². The second-order valence-corrected chi connectivity index (χ2v) is 14.0. The lowest BCUT2D eigenvalue weighted by Crippen LogP contribution is -2.22. The van der Waals surface area contributed by atoms with E-state index in [1.165, 1.54) is 0 Å². The smallest absolute Gasteiger partial charge is 0.449 e. The van der Waals surface area contributed by atoms with E-state index in [2.05, 4.69) is 0 Å². The molecule has 0 amide bonds. The van der Waals surface area contributed by atoms with Gasteiger partial charge in [-0.2, -0.15) is 0 Å². The number of carboxylic acid groups (broad SMARTS) is 2. The van der Waals surface area contributed by atoms with Crippen LogP contribution in [0.5, 0.6) is 11.5 Å². The average Bonchev–Trinajstić information content (AvgIpc) is 2.65. The number of carbonyl (C=O) groups is 2. The van der Waals surface area contributed by atoms with Crippen LogP contribution in [0.3, 0.4) is 0 Å². The van der Waals surface area contributed by atoms with Crippen LogP contribution in [-0.2, 0) is 28.1 Å². The Morgan fingerprint density at radius 2 is 0.757 bits per heavy atom. The van der Waals surface area contributed by atoms with Crippen LogP contribution in [0.15, 0.2) is 24.3 Å². The van der Waals surface area contributed by atoms with Gasteiger partial charge in [0, 0.05) is 22.3 Å². The molecule has 2 N–H and O–H groups in total. The molecule has 0 aliphatic rings. The maximum Gasteiger partial charge on any atom is 0.511 e. The molecule has 2 aromatic carbocycles. The van der Waals surface area contributed by atoms with Gasteiger partial charge >= 0.3 is 12.3 Å². The molecule has 0 radical (unpaired) electrons. The minimum atomic E-state index is -1.33. The Labute approximate surface area is 222 Å². The van der Waals surface area contributed by atoms with Gasteiger partial charge in [0.1, 0.15) is 11.5 Å². The summed E-state index contributed by atoms with van der Waals surface area (Å²) in [5.41, 5.74) is 3.95. The first-order valence-electron chi connectivity index (χ1n) is 12.7. The predicted octanol–water partition coefficient (Wildman–Crippen LogP) is 8.58. The van der Waals surface area contributed by atoms with Gasteiger partial charge in [-0.05, 0) is 39.2 Å². The molecule has 204 valence electrons. The molecule has 0 saturated carbocycles. The van der Waals surface area contributed by atoms with Crippen LogP contribution in [0, 0.1) is 0 Å². The summed E-state index contributed by atoms with van der Waals surface area (Å²) in [5, 5.41) is 19.0. The van der Waals surface area contributed by atoms with Crippen molar-refractivity contribution in [3.05, 3.63) is 57.6 Å². The second kappa shape index (κ2) is 10.0. The molecule has 37 heavy (non-hydrogen) atoms. The molecule has 6 heteroatoms. The Bertz CT molecular complexity index is 1010. The molecule has 0 bridgehead atoms. The Morgan fingerprint density at radius 1 is 0.541 bits per heavy atom. The lowest BCUT2D eigenvalue weighted by molar-refractivity contribution is 0.141. The number of hydrogen-bond acceptors (Lipinski definition) is 4. The summed E-state index contributed by atoms with van der Waals surface area (Å²) in [7, 11) is 0. The molecule has 0 aliphatic carbocycles. The van der Waals surface area contributed by atoms with Crippen molar-refractivity contribution < 1.29 is 29.3 Å². The fourth-order valence-electron chi connectivity index (χ4n) is 4.44. The van der Waals surface area contributed by atoms with Crippen molar-refractivity contribution >= 4 is 12.3 Å². The van der Waals surface area contributed by atoms with Crippen molar-refractivity contribution in [3.63, 3.8) is 0 Å². The Balaban J connectivity index is 2.86. The van der Waals surface area contributed by atoms with Gasteiger partial charge in [-0.15, -0.1) is 0 Å². The predicted molar refractivity (Wildman–Crippen MR) is 148 cm³/mol. The van der Waals surface area contributed by atoms with Crippen molar-refractivity contribution in [1.82, 2.24) is 0 Å². The monoisotopic (exact) mass is 512 g/mol. The molecule has 0 unspecified atom stereocenters. The average molecular weight is 513 g/mol. The van der Waals surface area contributed by atoms with E-state index in [4.69, 9.17) is 9.47 Å². The normalized spacial score (nSPS) is 12.9. The Hall–Kier alpha value is -3.02. The summed E-state index contributed by atoms with van der Waals surface area (Å²) < 4.78 is 10.7. The standard InChI is InChI=1S/C31H44O6/c1-28(2,3)20-14-18(15-21(29(4,5)6)24(20)36-26(32)33)13-19-16-22(30(7,8)9)25(37-27(34)35)23(17-19)31(10,11)12/h14-17H,13H2,1-12H3,(H,32,33)(H,34,35). The summed E-state index contributed by atoms with van der Waals surface area (Å²) in [4.78, 5) is 23.2. The summed E-state index contributed by atoms with van der Waals surface area (Å²) in [6.45, 7) is 24.5. The highest BCUT2D eigenvalue weighted by molar-refractivity contribution is 5.66. The summed E-state index contributed by atoms with van der Waals surface area (Å²) >= 11 is 0. The van der Waals surface area contributed by atoms with Gasteiger partial charge in [-0.1, -0.05) is 107 Å². The van der Waals surface area contributed by atoms with Crippen molar-refractivity contribution in [1.29, 1.82) is 0 Å². The van der Waals surface area contributed by atoms with Crippen LogP contribution in [0.4, 0.5) is 9.59 Å². The molecule has 2 aromatic rings. The van der Waals surface area contributed by atoms with Gasteiger partial charge in [-0.3, -0.25) is 0 Å². The first-order chi connectivity index (χ1) is 16.5. The highest BCUT2D eigenvalue weighted by Gasteiger charge is 2.31. The van der Waals surface area contributed by atoms with Gasteiger partial charge < -0.3 is 19.7 Å². The molecule has 0 aromatic heterocycles. The fourth-order valence-corrected chi connectivity index (χ4v) is 4.44. The maximum atomic E-state index is 11.6. The van der Waals surface area contributed by atoms with Gasteiger partial charge in [0.25, 0.3) is 0 Å². The molecule has 0 aliphatic heterocycles. The van der Waals surface area contributed by atoms with Crippen LogP contribution in [0.1, 0.15) is 116 Å². The third-order valence-corrected chi connectivity index (χ3v) is 6.32. The SMILES string of the molecule is CC(C)(C)c1cc(Cc2cc(C(C)(C)C)c(OC(=O)O)c(C(C)(C)C)c2)cc(C(C)(C)C)c1OC(=O)O. The number of hydrogen-bond donors (Lipinski definition) is 2. The minimum absolute atomic E-state index is 0.354. The maximum absolute atomic E-state index is 11.6. The molecule has 0 spiro atoms. The third kappa shape index (κ3) is 7.50. The topological polar surface area (TPSA) is 93.1 Å². The number of benzene rings is 2. The van der Waals surface area contributed by atoms with E-state index in [-0.39, 0.29) is 21.7 Å². The molecular weight excluding hydrogens is 468 g/mol. The molecule has 2 rings (SSSR count). The van der Waals surface area contributed by atoms with Gasteiger partial charge in [0.05, 0.1) is 0 Å². The van der Waals surface area contributed by atoms with E-state index >= 15 is 0 Å². The number of rotatable bonds is 4. The van der Waals surface area contributed by atoms with Crippen molar-refractivity contribution in [3.8, 4) is 11.5 Å². The highest BCUT2D eigenvalue weighted by atomic mass is 16.7. The summed E-state index contributed by atoms with van der Waals surface area (Å²) in [5.74, 6) is 0.791. The number of ether oxygens (including phenoxy) is 2. The van der Waals surface area contributed by atoms with E-state index in [0.717, 1.165) is 33.4 Å². The van der Waals surface area contributed by atoms with Gasteiger partial charge in [-0.25, -0.2) is 9.59 Å². The van der Waals surface area contributed by atoms with Crippen LogP contribution in [0.2, 0.25) is 0 Å². The first-order valence-corrected chi connectivity index (χ1v) is 12.7. The van der Waals surface area contributed by atoms with E-state index in [0.29, 0.717) is 17.9 Å². The lowest BCUT2D eigenvalue weighted by Gasteiger charge is -2.31. The van der Waals surface area contributed by atoms with Crippen molar-refractivity contribution in [2.24, 2.45) is 0 Å². The second-order valence-electron chi connectivity index (χ2n) is 14.0. The Kier molecular flexibility index (Phi) is 8.19. The molecule has 0 saturated heterocycles. The van der Waals surface area contributed by atoms with E-state index in [1.54, 1.807) is 0 Å². The quantitative estimate of drug-likeness (QED) is 0.315.